The first-order valence-electron chi connectivity index (χ1n) is 12.5. The second-order valence-corrected chi connectivity index (χ2v) is 13.2. The summed E-state index contributed by atoms with van der Waals surface area (Å²) in [7, 11) is -0.292. The zero-order chi connectivity index (χ0) is 25.5. The molecule has 3 fully saturated rings. The molecule has 0 amide bonds. The van der Waals surface area contributed by atoms with Crippen molar-refractivity contribution in [2.24, 2.45) is 16.2 Å². The van der Waals surface area contributed by atoms with Gasteiger partial charge in [0.25, 0.3) is 0 Å². The van der Waals surface area contributed by atoms with Crippen LogP contribution in [0.25, 0.3) is 0 Å². The van der Waals surface area contributed by atoms with Crippen LogP contribution >= 0.6 is 0 Å². The number of aryl methyl sites for hydroxylation is 2. The Morgan fingerprint density at radius 1 is 0.833 bits per heavy atom. The molecular weight excluding hydrogens is 468 g/mol. The monoisotopic (exact) mass is 499 g/mol. The zero-order valence-corrected chi connectivity index (χ0v) is 22.2. The second-order valence-electron chi connectivity index (χ2n) is 11.1. The molecule has 0 bridgehead atoms. The molecule has 4 nitrogen and oxygen atoms in total. The van der Waals surface area contributed by atoms with Crippen molar-refractivity contribution in [3.05, 3.63) is 83.9 Å². The third-order valence-corrected chi connectivity index (χ3v) is 11.6. The lowest BCUT2D eigenvalue weighted by Crippen LogP contribution is -2.66. The Morgan fingerprint density at radius 3 is 1.83 bits per heavy atom. The van der Waals surface area contributed by atoms with E-state index in [4.69, 9.17) is 9.47 Å². The first-order valence-corrected chi connectivity index (χ1v) is 13.7. The lowest BCUT2D eigenvalue weighted by Gasteiger charge is -2.46. The summed E-state index contributed by atoms with van der Waals surface area (Å²) < 4.78 is 11.8. The van der Waals surface area contributed by atoms with Crippen LogP contribution in [0.5, 0.6) is 5.75 Å². The summed E-state index contributed by atoms with van der Waals surface area (Å²) in [6, 6.07) is 25.2. The highest BCUT2D eigenvalue weighted by Gasteiger charge is 3.01. The molecule has 1 heterocycles. The summed E-state index contributed by atoms with van der Waals surface area (Å²) in [5.41, 5.74) is -0.635. The van der Waals surface area contributed by atoms with Crippen LogP contribution in [0.3, 0.4) is 0 Å². The number of benzene rings is 3. The Bertz CT molecular complexity index is 1340. The molecule has 184 valence electrons. The van der Waals surface area contributed by atoms with Crippen molar-refractivity contribution in [2.75, 3.05) is 0 Å². The predicted octanol–water partition coefficient (Wildman–Crippen LogP) is 6.43. The van der Waals surface area contributed by atoms with Gasteiger partial charge < -0.3 is 9.47 Å². The molecule has 1 saturated heterocycles. The Kier molecular flexibility index (Phi) is 4.85. The maximum Gasteiger partial charge on any atom is 0.357 e. The van der Waals surface area contributed by atoms with Crippen molar-refractivity contribution in [3.8, 4) is 5.75 Å². The average Bonchev–Trinajstić information content (AvgIpc) is 3.15. The minimum Gasteiger partial charge on any atom is -0.445 e. The van der Waals surface area contributed by atoms with E-state index in [1.54, 1.807) is 0 Å². The number of hydrogen-bond acceptors (Lipinski definition) is 4. The van der Waals surface area contributed by atoms with Crippen LogP contribution in [0.15, 0.2) is 87.5 Å². The van der Waals surface area contributed by atoms with Gasteiger partial charge in [0.2, 0.25) is 5.60 Å². The van der Waals surface area contributed by atoms with Crippen molar-refractivity contribution >= 4 is 22.8 Å². The van der Waals surface area contributed by atoms with Gasteiger partial charge in [0.05, 0.1) is 10.9 Å². The van der Waals surface area contributed by atoms with Crippen molar-refractivity contribution < 1.29 is 19.1 Å². The van der Waals surface area contributed by atoms with Gasteiger partial charge in [-0.1, -0.05) is 57.2 Å². The summed E-state index contributed by atoms with van der Waals surface area (Å²) in [6.07, 6.45) is 1.31. The normalized spacial score (nSPS) is 29.1. The first kappa shape index (κ1) is 23.4. The van der Waals surface area contributed by atoms with Crippen LogP contribution < -0.4 is 4.74 Å². The van der Waals surface area contributed by atoms with Crippen LogP contribution in [-0.4, -0.2) is 17.5 Å². The number of carbonyl (C=O) groups excluding carboxylic acids is 2. The number of rotatable bonds is 5. The van der Waals surface area contributed by atoms with Crippen molar-refractivity contribution in [3.63, 3.8) is 0 Å². The lowest BCUT2D eigenvalue weighted by atomic mass is 9.73. The molecule has 0 radical (unpaired) electrons. The first-order chi connectivity index (χ1) is 17.1. The molecule has 1 spiro atoms. The Hall–Kier alpha value is -3.05. The summed E-state index contributed by atoms with van der Waals surface area (Å²) in [6.45, 7) is 10.2. The maximum absolute atomic E-state index is 13.7. The van der Waals surface area contributed by atoms with E-state index in [-0.39, 0.29) is 27.7 Å². The van der Waals surface area contributed by atoms with Crippen LogP contribution in [0.1, 0.15) is 44.7 Å². The standard InChI is InChI=1S/C31H31O4S/c1-20-18-24(36(22-12-8-6-9-13-22)23-14-10-7-11-15-23)19-21(2)25(20)34-26(32)30-17-16-29(5)28(3,4)31(29,30)27(33)35-30/h6-15,18-19H,16-17H2,1-5H3/q+1. The van der Waals surface area contributed by atoms with E-state index in [0.717, 1.165) is 17.5 Å². The van der Waals surface area contributed by atoms with E-state index in [0.29, 0.717) is 12.2 Å². The third kappa shape index (κ3) is 2.62. The smallest absolute Gasteiger partial charge is 0.357 e. The van der Waals surface area contributed by atoms with E-state index in [9.17, 15) is 9.59 Å². The molecule has 2 saturated carbocycles. The van der Waals surface area contributed by atoms with Gasteiger partial charge in [0, 0.05) is 18.6 Å². The third-order valence-electron chi connectivity index (χ3n) is 9.39. The fourth-order valence-corrected chi connectivity index (χ4v) is 9.66. The second kappa shape index (κ2) is 7.48. The van der Waals surface area contributed by atoms with Gasteiger partial charge in [-0.2, -0.15) is 0 Å². The summed E-state index contributed by atoms with van der Waals surface area (Å²) in [4.78, 5) is 30.1. The molecular formula is C31H31O4S+. The van der Waals surface area contributed by atoms with E-state index in [2.05, 4.69) is 81.4 Å². The number of hydrogen-bond donors (Lipinski definition) is 0. The minimum atomic E-state index is -1.17. The largest absolute Gasteiger partial charge is 0.445 e. The molecule has 1 aliphatic heterocycles. The van der Waals surface area contributed by atoms with Gasteiger partial charge >= 0.3 is 11.9 Å². The topological polar surface area (TPSA) is 52.6 Å². The van der Waals surface area contributed by atoms with Crippen LogP contribution in [0.4, 0.5) is 0 Å². The van der Waals surface area contributed by atoms with Gasteiger partial charge in [-0.05, 0) is 66.5 Å². The highest BCUT2D eigenvalue weighted by Crippen LogP contribution is 2.92. The molecule has 36 heavy (non-hydrogen) atoms. The summed E-state index contributed by atoms with van der Waals surface area (Å²) in [5.74, 6) is -0.114. The van der Waals surface area contributed by atoms with E-state index < -0.39 is 17.0 Å². The molecule has 6 rings (SSSR count). The van der Waals surface area contributed by atoms with Gasteiger partial charge in [0.15, 0.2) is 14.7 Å². The summed E-state index contributed by atoms with van der Waals surface area (Å²) in [5, 5.41) is 0. The van der Waals surface area contributed by atoms with Crippen LogP contribution in [-0.2, 0) is 25.2 Å². The summed E-state index contributed by atoms with van der Waals surface area (Å²) >= 11 is 0. The van der Waals surface area contributed by atoms with Gasteiger partial charge in [-0.15, -0.1) is 0 Å². The Morgan fingerprint density at radius 2 is 1.36 bits per heavy atom. The molecule has 3 aliphatic rings. The molecule has 3 atom stereocenters. The quantitative estimate of drug-likeness (QED) is 0.231. The number of esters is 2. The zero-order valence-electron chi connectivity index (χ0n) is 21.4. The lowest BCUT2D eigenvalue weighted by molar-refractivity contribution is -0.230. The molecule has 3 aromatic rings. The van der Waals surface area contributed by atoms with Crippen molar-refractivity contribution in [1.29, 1.82) is 0 Å². The molecule has 0 aromatic heterocycles. The van der Waals surface area contributed by atoms with Gasteiger partial charge in [-0.25, -0.2) is 4.79 Å². The van der Waals surface area contributed by atoms with E-state index in [1.165, 1.54) is 14.7 Å². The highest BCUT2D eigenvalue weighted by molar-refractivity contribution is 7.97. The van der Waals surface area contributed by atoms with Crippen molar-refractivity contribution in [2.45, 2.75) is 67.7 Å². The molecule has 3 aromatic carbocycles. The maximum atomic E-state index is 13.7. The van der Waals surface area contributed by atoms with E-state index in [1.807, 2.05) is 26.0 Å². The molecule has 0 N–H and O–H groups in total. The van der Waals surface area contributed by atoms with E-state index >= 15 is 0 Å². The van der Waals surface area contributed by atoms with Crippen LogP contribution in [0.2, 0.25) is 0 Å². The minimum absolute atomic E-state index is 0.220. The Balaban J connectivity index is 1.35. The molecule has 3 unspecified atom stereocenters. The van der Waals surface area contributed by atoms with Crippen LogP contribution in [0, 0.1) is 30.1 Å². The van der Waals surface area contributed by atoms with Gasteiger partial charge in [0.1, 0.15) is 11.2 Å². The number of carbonyl (C=O) groups is 2. The predicted molar refractivity (Wildman–Crippen MR) is 139 cm³/mol. The fourth-order valence-electron chi connectivity index (χ4n) is 7.39. The average molecular weight is 500 g/mol. The van der Waals surface area contributed by atoms with Crippen molar-refractivity contribution in [1.82, 2.24) is 0 Å². The SMILES string of the molecule is Cc1cc([S+](c2ccccc2)c2ccccc2)cc(C)c1OC(=O)C12CCC3(C)C(C)(C)C13C(=O)O2. The highest BCUT2D eigenvalue weighted by atomic mass is 32.2. The Labute approximate surface area is 215 Å². The van der Waals surface area contributed by atoms with Gasteiger partial charge in [-0.3, -0.25) is 4.79 Å². The number of ether oxygens (including phenoxy) is 2. The molecule has 2 aliphatic carbocycles. The fraction of sp³-hybridized carbons (Fsp3) is 0.355. The molecule has 5 heteroatoms.